The van der Waals surface area contributed by atoms with Crippen molar-refractivity contribution < 1.29 is 9.53 Å². The quantitative estimate of drug-likeness (QED) is 0.507. The van der Waals surface area contributed by atoms with Crippen LogP contribution in [0.25, 0.3) is 0 Å². The number of Topliss-reactive ketones (excluding diaryl/α,β-unsaturated/α-hetero) is 1. The lowest BCUT2D eigenvalue weighted by atomic mass is 10.0. The predicted octanol–water partition coefficient (Wildman–Crippen LogP) is 5.15. The number of aliphatic imine (C=N–C) groups is 2. The van der Waals surface area contributed by atoms with Crippen molar-refractivity contribution in [3.05, 3.63) is 60.2 Å². The summed E-state index contributed by atoms with van der Waals surface area (Å²) in [7, 11) is 0. The third-order valence-corrected chi connectivity index (χ3v) is 4.21. The fourth-order valence-electron chi connectivity index (χ4n) is 2.71. The zero-order valence-electron chi connectivity index (χ0n) is 17.6. The molecule has 1 atom stereocenters. The minimum atomic E-state index is -1.01. The normalized spacial score (nSPS) is 12.9. The molecule has 0 saturated carbocycles. The lowest BCUT2D eigenvalue weighted by Crippen LogP contribution is -2.37. The topological polar surface area (TPSA) is 98.7 Å². The Bertz CT molecular complexity index is 933. The van der Waals surface area contributed by atoms with E-state index in [9.17, 15) is 4.79 Å². The summed E-state index contributed by atoms with van der Waals surface area (Å²) in [5.74, 6) is -0.532. The maximum atomic E-state index is 13.0. The number of hydrogen-bond acceptors (Lipinski definition) is 6. The smallest absolute Gasteiger partial charge is 0.216 e. The lowest BCUT2D eigenvalue weighted by molar-refractivity contribution is -0.121. The Morgan fingerprint density at radius 3 is 2.43 bits per heavy atom. The number of rotatable bonds is 11. The Balaban J connectivity index is 2.29. The molecule has 0 aromatic heterocycles. The molecule has 6 nitrogen and oxygen atoms in total. The maximum Gasteiger partial charge on any atom is 0.216 e. The molecule has 0 aliphatic rings. The second-order valence-corrected chi connectivity index (χ2v) is 6.95. The standard InChI is InChI=1S/C24H28N4O2/c1-4-18-9-8-12-20(15-18)27-16-22(30-17(2)3)24(29)23(26)21(13-14-25)28-19-10-6-5-7-11-19/h5-12,14-17,22,25-26H,4,13H2,1-3H3. The number of benzene rings is 2. The first-order chi connectivity index (χ1) is 14.4. The van der Waals surface area contributed by atoms with Gasteiger partial charge in [0, 0.05) is 18.9 Å². The van der Waals surface area contributed by atoms with E-state index in [0.717, 1.165) is 23.9 Å². The number of hydrogen-bond donors (Lipinski definition) is 2. The van der Waals surface area contributed by atoms with Crippen LogP contribution in [0.15, 0.2) is 64.6 Å². The van der Waals surface area contributed by atoms with Gasteiger partial charge in [0.25, 0.3) is 0 Å². The molecule has 0 bridgehead atoms. The molecule has 6 heteroatoms. The van der Waals surface area contributed by atoms with Crippen molar-refractivity contribution in [3.63, 3.8) is 0 Å². The van der Waals surface area contributed by atoms with Crippen molar-refractivity contribution in [2.24, 2.45) is 9.98 Å². The van der Waals surface area contributed by atoms with Gasteiger partial charge in [-0.2, -0.15) is 0 Å². The van der Waals surface area contributed by atoms with Crippen molar-refractivity contribution in [1.29, 1.82) is 10.8 Å². The Morgan fingerprint density at radius 2 is 1.80 bits per heavy atom. The molecule has 2 aromatic rings. The van der Waals surface area contributed by atoms with Gasteiger partial charge >= 0.3 is 0 Å². The first kappa shape index (κ1) is 23.0. The van der Waals surface area contributed by atoms with E-state index in [0.29, 0.717) is 5.69 Å². The molecular formula is C24H28N4O2. The van der Waals surface area contributed by atoms with Gasteiger partial charge in [-0.25, -0.2) is 0 Å². The predicted molar refractivity (Wildman–Crippen MR) is 124 cm³/mol. The molecule has 0 fully saturated rings. The number of nitrogens with one attached hydrogen (secondary N) is 2. The molecule has 0 radical (unpaired) electrons. The fourth-order valence-corrected chi connectivity index (χ4v) is 2.71. The lowest BCUT2D eigenvalue weighted by Gasteiger charge is -2.16. The van der Waals surface area contributed by atoms with Gasteiger partial charge in [0.1, 0.15) is 5.71 Å². The number of carbonyl (C=O) groups is 1. The average Bonchev–Trinajstić information content (AvgIpc) is 2.76. The number of ether oxygens (including phenoxy) is 1. The van der Waals surface area contributed by atoms with Gasteiger partial charge in [-0.05, 0) is 50.1 Å². The van der Waals surface area contributed by atoms with Crippen LogP contribution in [-0.2, 0) is 16.0 Å². The summed E-state index contributed by atoms with van der Waals surface area (Å²) in [6.07, 6.45) is 2.32. The van der Waals surface area contributed by atoms with Crippen molar-refractivity contribution in [2.75, 3.05) is 0 Å². The van der Waals surface area contributed by atoms with Crippen molar-refractivity contribution in [2.45, 2.75) is 45.8 Å². The van der Waals surface area contributed by atoms with E-state index in [1.165, 1.54) is 6.21 Å². The molecule has 0 spiro atoms. The third-order valence-electron chi connectivity index (χ3n) is 4.21. The van der Waals surface area contributed by atoms with Gasteiger partial charge in [-0.1, -0.05) is 37.3 Å². The average molecular weight is 405 g/mol. The zero-order valence-corrected chi connectivity index (χ0v) is 17.6. The van der Waals surface area contributed by atoms with Gasteiger partial charge < -0.3 is 10.1 Å². The molecular weight excluding hydrogens is 376 g/mol. The second-order valence-electron chi connectivity index (χ2n) is 6.95. The van der Waals surface area contributed by atoms with Crippen LogP contribution in [0.2, 0.25) is 0 Å². The number of nitrogens with zero attached hydrogens (tertiary/aromatic N) is 2. The summed E-state index contributed by atoms with van der Waals surface area (Å²) in [5, 5.41) is 15.8. The van der Waals surface area contributed by atoms with Crippen molar-refractivity contribution in [1.82, 2.24) is 0 Å². The maximum absolute atomic E-state index is 13.0. The molecule has 0 saturated heterocycles. The molecule has 2 N–H and O–H groups in total. The number of ketones is 1. The summed E-state index contributed by atoms with van der Waals surface area (Å²) in [6.45, 7) is 5.72. The van der Waals surface area contributed by atoms with E-state index < -0.39 is 11.9 Å². The van der Waals surface area contributed by atoms with Gasteiger partial charge in [-0.3, -0.25) is 20.2 Å². The second kappa shape index (κ2) is 11.7. The van der Waals surface area contributed by atoms with Crippen molar-refractivity contribution in [3.8, 4) is 0 Å². The number of carbonyl (C=O) groups excluding carboxylic acids is 1. The zero-order chi connectivity index (χ0) is 21.9. The Kier molecular flexibility index (Phi) is 8.97. The Hall–Kier alpha value is -3.25. The first-order valence-electron chi connectivity index (χ1n) is 9.97. The van der Waals surface area contributed by atoms with Crippen LogP contribution in [0, 0.1) is 10.8 Å². The van der Waals surface area contributed by atoms with Crippen LogP contribution in [0.3, 0.4) is 0 Å². The highest BCUT2D eigenvalue weighted by Gasteiger charge is 2.26. The van der Waals surface area contributed by atoms with E-state index in [1.807, 2.05) is 56.3 Å². The van der Waals surface area contributed by atoms with E-state index in [4.69, 9.17) is 15.6 Å². The van der Waals surface area contributed by atoms with Gasteiger partial charge in [0.05, 0.1) is 23.2 Å². The number of para-hydroxylation sites is 1. The van der Waals surface area contributed by atoms with Gasteiger partial charge in [0.2, 0.25) is 5.78 Å². The van der Waals surface area contributed by atoms with Gasteiger partial charge in [0.15, 0.2) is 6.10 Å². The fraction of sp³-hybridized carbons (Fsp3) is 0.292. The van der Waals surface area contributed by atoms with Crippen LogP contribution in [0.1, 0.15) is 32.8 Å². The van der Waals surface area contributed by atoms with E-state index in [2.05, 4.69) is 16.9 Å². The van der Waals surface area contributed by atoms with Gasteiger partial charge in [-0.15, -0.1) is 0 Å². The summed E-state index contributed by atoms with van der Waals surface area (Å²) in [6, 6.07) is 16.8. The van der Waals surface area contributed by atoms with Crippen LogP contribution < -0.4 is 0 Å². The summed E-state index contributed by atoms with van der Waals surface area (Å²) >= 11 is 0. The Morgan fingerprint density at radius 1 is 1.10 bits per heavy atom. The molecule has 0 heterocycles. The SMILES string of the molecule is CCc1cccc(N=CC(OC(C)C)C(=O)C(=N)C(CC=N)=Nc2ccccc2)c1. The number of aryl methyl sites for hydroxylation is 1. The largest absolute Gasteiger partial charge is 0.362 e. The highest BCUT2D eigenvalue weighted by molar-refractivity contribution is 6.69. The third kappa shape index (κ3) is 6.97. The molecule has 30 heavy (non-hydrogen) atoms. The van der Waals surface area contributed by atoms with Crippen LogP contribution >= 0.6 is 0 Å². The van der Waals surface area contributed by atoms with Crippen molar-refractivity contribution >= 4 is 41.0 Å². The first-order valence-corrected chi connectivity index (χ1v) is 9.97. The highest BCUT2D eigenvalue weighted by atomic mass is 16.5. The minimum Gasteiger partial charge on any atom is -0.362 e. The van der Waals surface area contributed by atoms with E-state index in [1.54, 1.807) is 12.1 Å². The van der Waals surface area contributed by atoms with E-state index in [-0.39, 0.29) is 23.9 Å². The minimum absolute atomic E-state index is 0.0869. The monoisotopic (exact) mass is 404 g/mol. The molecule has 2 aromatic carbocycles. The van der Waals surface area contributed by atoms with Crippen LogP contribution in [-0.4, -0.2) is 41.8 Å². The molecule has 0 amide bonds. The molecule has 2 rings (SSSR count). The summed E-state index contributed by atoms with van der Waals surface area (Å²) in [5.41, 5.74) is 2.44. The molecule has 1 unspecified atom stereocenters. The summed E-state index contributed by atoms with van der Waals surface area (Å²) < 4.78 is 5.74. The Labute approximate surface area is 177 Å². The highest BCUT2D eigenvalue weighted by Crippen LogP contribution is 2.15. The van der Waals surface area contributed by atoms with E-state index >= 15 is 0 Å². The van der Waals surface area contributed by atoms with Crippen LogP contribution in [0.5, 0.6) is 0 Å². The van der Waals surface area contributed by atoms with Crippen LogP contribution in [0.4, 0.5) is 11.4 Å². The summed E-state index contributed by atoms with van der Waals surface area (Å²) in [4.78, 5) is 21.8. The molecule has 156 valence electrons. The molecule has 0 aliphatic carbocycles. The molecule has 0 aliphatic heterocycles.